The number of halogens is 2. The monoisotopic (exact) mass is 384 g/mol. The molecule has 6 nitrogen and oxygen atoms in total. The molecule has 1 aromatic carbocycles. The van der Waals surface area contributed by atoms with E-state index in [1.165, 1.54) is 9.21 Å². The molecule has 3 aliphatic rings. The van der Waals surface area contributed by atoms with Gasteiger partial charge >= 0.3 is 0 Å². The minimum atomic E-state index is -4.34. The molecule has 3 heterocycles. The Hall–Kier alpha value is -1.87. The van der Waals surface area contributed by atoms with Crippen LogP contribution in [0.4, 0.5) is 8.78 Å². The zero-order valence-corrected chi connectivity index (χ0v) is 14.7. The molecule has 0 saturated carbocycles. The van der Waals surface area contributed by atoms with E-state index in [1.54, 1.807) is 0 Å². The van der Waals surface area contributed by atoms with E-state index in [4.69, 9.17) is 0 Å². The van der Waals surface area contributed by atoms with E-state index in [-0.39, 0.29) is 30.7 Å². The molecule has 2 unspecified atom stereocenters. The van der Waals surface area contributed by atoms with Crippen molar-refractivity contribution >= 4 is 21.8 Å². The summed E-state index contributed by atoms with van der Waals surface area (Å²) < 4.78 is 55.2. The van der Waals surface area contributed by atoms with Crippen molar-refractivity contribution in [3.8, 4) is 0 Å². The molecule has 0 radical (unpaired) electrons. The van der Waals surface area contributed by atoms with Crippen molar-refractivity contribution in [2.45, 2.75) is 61.5 Å². The molecule has 9 heteroatoms. The summed E-state index contributed by atoms with van der Waals surface area (Å²) >= 11 is 0. The van der Waals surface area contributed by atoms with Crippen LogP contribution in [0.3, 0.4) is 0 Å². The van der Waals surface area contributed by atoms with Gasteiger partial charge < -0.3 is 0 Å². The first-order valence-corrected chi connectivity index (χ1v) is 10.1. The summed E-state index contributed by atoms with van der Waals surface area (Å²) in [6.07, 6.45) is 2.09. The maximum absolute atomic E-state index is 14.1. The highest BCUT2D eigenvalue weighted by atomic mass is 32.2. The van der Waals surface area contributed by atoms with Crippen LogP contribution in [0.15, 0.2) is 23.1 Å². The van der Waals surface area contributed by atoms with Crippen molar-refractivity contribution in [1.82, 2.24) is 9.21 Å². The van der Waals surface area contributed by atoms with Crippen LogP contribution in [0.1, 0.15) is 38.5 Å². The number of carbonyl (C=O) groups excluding carboxylic acids is 2. The molecule has 0 N–H and O–H groups in total. The van der Waals surface area contributed by atoms with Crippen LogP contribution < -0.4 is 0 Å². The number of benzene rings is 1. The lowest BCUT2D eigenvalue weighted by atomic mass is 9.98. The Morgan fingerprint density at radius 3 is 1.88 bits per heavy atom. The minimum absolute atomic E-state index is 0.188. The Labute approximate surface area is 149 Å². The fraction of sp³-hybridized carbons (Fsp3) is 0.529. The first-order valence-electron chi connectivity index (χ1n) is 8.63. The highest BCUT2D eigenvalue weighted by Gasteiger charge is 2.51. The number of nitrogens with zero attached hydrogens (tertiary/aromatic N) is 2. The average Bonchev–Trinajstić information content (AvgIpc) is 3.04. The molecule has 3 saturated heterocycles. The lowest BCUT2D eigenvalue weighted by Gasteiger charge is -2.40. The van der Waals surface area contributed by atoms with Gasteiger partial charge in [0.15, 0.2) is 4.90 Å². The van der Waals surface area contributed by atoms with E-state index in [0.29, 0.717) is 25.7 Å². The molecule has 26 heavy (non-hydrogen) atoms. The van der Waals surface area contributed by atoms with Gasteiger partial charge in [0, 0.05) is 31.0 Å². The molecular weight excluding hydrogens is 366 g/mol. The summed E-state index contributed by atoms with van der Waals surface area (Å²) in [5, 5.41) is 0. The van der Waals surface area contributed by atoms with E-state index in [9.17, 15) is 26.8 Å². The standard InChI is InChI=1S/C17H18F2N2O4S/c18-13-2-1-3-14(19)17(13)26(24,25)21-10-4-5-11(21)9-12(8-10)20-15(22)6-7-16(20)23/h1-3,10-12H,4-9H2. The van der Waals surface area contributed by atoms with Gasteiger partial charge in [-0.2, -0.15) is 4.31 Å². The van der Waals surface area contributed by atoms with Crippen LogP contribution in [-0.2, 0) is 19.6 Å². The van der Waals surface area contributed by atoms with Gasteiger partial charge in [-0.1, -0.05) is 6.07 Å². The fourth-order valence-electron chi connectivity index (χ4n) is 4.54. The summed E-state index contributed by atoms with van der Waals surface area (Å²) in [6.45, 7) is 0. The van der Waals surface area contributed by atoms with E-state index in [2.05, 4.69) is 0 Å². The molecule has 4 rings (SSSR count). The Kier molecular flexibility index (Phi) is 4.11. The van der Waals surface area contributed by atoms with Crippen molar-refractivity contribution in [2.24, 2.45) is 0 Å². The molecule has 0 spiro atoms. The number of hydrogen-bond acceptors (Lipinski definition) is 4. The molecule has 140 valence electrons. The van der Waals surface area contributed by atoms with Crippen molar-refractivity contribution < 1.29 is 26.8 Å². The average molecular weight is 384 g/mol. The van der Waals surface area contributed by atoms with E-state index in [1.807, 2.05) is 0 Å². The van der Waals surface area contributed by atoms with Crippen molar-refractivity contribution in [2.75, 3.05) is 0 Å². The molecule has 3 fully saturated rings. The molecule has 0 aromatic heterocycles. The largest absolute Gasteiger partial charge is 0.279 e. The van der Waals surface area contributed by atoms with Crippen LogP contribution in [0.25, 0.3) is 0 Å². The second-order valence-corrected chi connectivity index (χ2v) is 8.83. The van der Waals surface area contributed by atoms with E-state index < -0.39 is 38.6 Å². The highest BCUT2D eigenvalue weighted by Crippen LogP contribution is 2.42. The zero-order valence-electron chi connectivity index (χ0n) is 13.9. The summed E-state index contributed by atoms with van der Waals surface area (Å²) in [4.78, 5) is 24.3. The normalized spacial score (nSPS) is 29.6. The van der Waals surface area contributed by atoms with Gasteiger partial charge in [0.2, 0.25) is 21.8 Å². The predicted octanol–water partition coefficient (Wildman–Crippen LogP) is 1.80. The highest BCUT2D eigenvalue weighted by molar-refractivity contribution is 7.89. The third-order valence-corrected chi connectivity index (χ3v) is 7.61. The summed E-state index contributed by atoms with van der Waals surface area (Å²) in [5.74, 6) is -2.68. The smallest absolute Gasteiger partial charge is 0.249 e. The maximum atomic E-state index is 14.1. The molecule has 2 atom stereocenters. The number of hydrogen-bond donors (Lipinski definition) is 0. The van der Waals surface area contributed by atoms with Crippen molar-refractivity contribution in [3.05, 3.63) is 29.8 Å². The Balaban J connectivity index is 1.65. The van der Waals surface area contributed by atoms with Crippen molar-refractivity contribution in [1.29, 1.82) is 0 Å². The second-order valence-electron chi connectivity index (χ2n) is 7.05. The number of carbonyl (C=O) groups is 2. The SMILES string of the molecule is O=C1CCC(=O)N1C1CC2CCC(C1)N2S(=O)(=O)c1c(F)cccc1F. The number of imide groups is 1. The number of fused-ring (bicyclic) bond motifs is 2. The summed E-state index contributed by atoms with van der Waals surface area (Å²) in [7, 11) is -4.34. The topological polar surface area (TPSA) is 74.8 Å². The van der Waals surface area contributed by atoms with Gasteiger partial charge in [-0.05, 0) is 37.8 Å². The van der Waals surface area contributed by atoms with Crippen LogP contribution in [0, 0.1) is 11.6 Å². The Morgan fingerprint density at radius 1 is 0.885 bits per heavy atom. The second kappa shape index (κ2) is 6.09. The molecule has 3 aliphatic heterocycles. The first-order chi connectivity index (χ1) is 12.3. The van der Waals surface area contributed by atoms with Gasteiger partial charge in [0.25, 0.3) is 0 Å². The number of piperidine rings is 1. The number of likely N-dealkylation sites (tertiary alicyclic amines) is 1. The predicted molar refractivity (Wildman–Crippen MR) is 86.3 cm³/mol. The van der Waals surface area contributed by atoms with E-state index >= 15 is 0 Å². The van der Waals surface area contributed by atoms with Crippen LogP contribution >= 0.6 is 0 Å². The van der Waals surface area contributed by atoms with Crippen LogP contribution in [0.2, 0.25) is 0 Å². The zero-order chi connectivity index (χ0) is 18.6. The third-order valence-electron chi connectivity index (χ3n) is 5.55. The number of amides is 2. The summed E-state index contributed by atoms with van der Waals surface area (Å²) in [5.41, 5.74) is 0. The lowest BCUT2D eigenvalue weighted by Crippen LogP contribution is -2.53. The minimum Gasteiger partial charge on any atom is -0.279 e. The third kappa shape index (κ3) is 2.56. The molecule has 1 aromatic rings. The van der Waals surface area contributed by atoms with Gasteiger partial charge in [0.05, 0.1) is 0 Å². The fourth-order valence-corrected chi connectivity index (χ4v) is 6.55. The number of rotatable bonds is 3. The maximum Gasteiger partial charge on any atom is 0.249 e. The quantitative estimate of drug-likeness (QED) is 0.745. The van der Waals surface area contributed by atoms with Gasteiger partial charge in [-0.25, -0.2) is 17.2 Å². The lowest BCUT2D eigenvalue weighted by molar-refractivity contribution is -0.142. The van der Waals surface area contributed by atoms with Crippen molar-refractivity contribution in [3.63, 3.8) is 0 Å². The first kappa shape index (κ1) is 17.5. The van der Waals surface area contributed by atoms with Gasteiger partial charge in [-0.3, -0.25) is 14.5 Å². The Morgan fingerprint density at radius 2 is 1.38 bits per heavy atom. The van der Waals surface area contributed by atoms with E-state index in [0.717, 1.165) is 18.2 Å². The molecule has 0 aliphatic carbocycles. The summed E-state index contributed by atoms with van der Waals surface area (Å²) in [6, 6.07) is 1.69. The molecule has 2 bridgehead atoms. The van der Waals surface area contributed by atoms with Gasteiger partial charge in [-0.15, -0.1) is 0 Å². The molecular formula is C17H18F2N2O4S. The number of sulfonamides is 1. The molecule has 2 amide bonds. The van der Waals surface area contributed by atoms with Crippen LogP contribution in [-0.4, -0.2) is 47.6 Å². The van der Waals surface area contributed by atoms with Gasteiger partial charge in [0.1, 0.15) is 11.6 Å². The van der Waals surface area contributed by atoms with Crippen LogP contribution in [0.5, 0.6) is 0 Å². The Bertz CT molecular complexity index is 838.